The lowest BCUT2D eigenvalue weighted by Crippen LogP contribution is -2.59. The fraction of sp³-hybridized carbons (Fsp3) is 0.646. The predicted molar refractivity (Wildman–Crippen MR) is 252 cm³/mol. The van der Waals surface area contributed by atoms with Crippen molar-refractivity contribution in [2.75, 3.05) is 57.2 Å². The lowest BCUT2D eigenvalue weighted by atomic mass is 9.85. The van der Waals surface area contributed by atoms with Gasteiger partial charge in [0.1, 0.15) is 53.0 Å². The summed E-state index contributed by atoms with van der Waals surface area (Å²) in [5.41, 5.74) is -0.205. The zero-order valence-corrected chi connectivity index (χ0v) is 40.9. The minimum atomic E-state index is -1.30. The number of nitrogens with one attached hydrogen (secondary N) is 4. The monoisotopic (exact) mass is 951 g/mol. The number of anilines is 2. The third-order valence-corrected chi connectivity index (χ3v) is 15.0. The van der Waals surface area contributed by atoms with Crippen LogP contribution in [0.15, 0.2) is 36.2 Å². The number of hydrogen-bond acceptors (Lipinski definition) is 14. The van der Waals surface area contributed by atoms with Gasteiger partial charge < -0.3 is 49.9 Å². The first-order valence-corrected chi connectivity index (χ1v) is 24.5. The Morgan fingerprint density at radius 3 is 2.55 bits per heavy atom. The molecule has 3 aliphatic carbocycles. The maximum Gasteiger partial charge on any atom is 0.408 e. The van der Waals surface area contributed by atoms with Gasteiger partial charge in [-0.25, -0.2) is 14.6 Å². The van der Waals surface area contributed by atoms with Crippen LogP contribution in [0.25, 0.3) is 5.76 Å². The second-order valence-electron chi connectivity index (χ2n) is 20.7. The number of rotatable bonds is 16. The molecule has 2 unspecified atom stereocenters. The van der Waals surface area contributed by atoms with E-state index in [4.69, 9.17) is 40.3 Å². The number of methoxy groups -OCH3 is 1. The molecule has 3 amide bonds. The van der Waals surface area contributed by atoms with E-state index in [9.17, 15) is 19.2 Å². The minimum absolute atomic E-state index is 0.000928. The van der Waals surface area contributed by atoms with Gasteiger partial charge in [0.25, 0.3) is 0 Å². The molecule has 16 nitrogen and oxygen atoms in total. The number of carbonyl (C=O) groups is 4. The summed E-state index contributed by atoms with van der Waals surface area (Å²) in [7, 11) is 1.27. The van der Waals surface area contributed by atoms with Crippen LogP contribution in [0.5, 0.6) is 5.75 Å². The molecule has 8 rings (SSSR count). The van der Waals surface area contributed by atoms with Crippen LogP contribution in [0, 0.1) is 23.2 Å². The summed E-state index contributed by atoms with van der Waals surface area (Å²) in [5, 5.41) is 15.9. The first-order chi connectivity index (χ1) is 31.3. The lowest BCUT2D eigenvalue weighted by Gasteiger charge is -2.42. The zero-order chi connectivity index (χ0) is 47.3. The zero-order valence-electron chi connectivity index (χ0n) is 39.4. The molecule has 3 aliphatic heterocycles. The molecule has 6 aliphatic rings. The van der Waals surface area contributed by atoms with Gasteiger partial charge >= 0.3 is 12.1 Å². The van der Waals surface area contributed by atoms with Crippen LogP contribution in [0.1, 0.15) is 97.9 Å². The summed E-state index contributed by atoms with van der Waals surface area (Å²) < 4.78 is 29.9. The van der Waals surface area contributed by atoms with E-state index in [2.05, 4.69) is 46.6 Å². The van der Waals surface area contributed by atoms with Crippen LogP contribution in [0.3, 0.4) is 0 Å². The van der Waals surface area contributed by atoms with Crippen molar-refractivity contribution in [2.45, 2.75) is 128 Å². The maximum absolute atomic E-state index is 14.9. The number of benzene rings is 1. The summed E-state index contributed by atoms with van der Waals surface area (Å²) in [6.07, 6.45) is 5.22. The number of nitrogens with zero attached hydrogens (tertiary/aromatic N) is 3. The van der Waals surface area contributed by atoms with Crippen molar-refractivity contribution in [3.8, 4) is 5.75 Å². The maximum atomic E-state index is 14.9. The average molecular weight is 953 g/mol. The number of hydrogen-bond donors (Lipinski definition) is 4. The highest BCUT2D eigenvalue weighted by molar-refractivity contribution is 7.13. The largest absolute Gasteiger partial charge is 0.491 e. The highest BCUT2D eigenvalue weighted by Crippen LogP contribution is 2.53. The topological polar surface area (TPSA) is 182 Å². The van der Waals surface area contributed by atoms with Crippen molar-refractivity contribution >= 4 is 63.4 Å². The summed E-state index contributed by atoms with van der Waals surface area (Å²) in [4.78, 5) is 64.7. The predicted octanol–water partition coefficient (Wildman–Crippen LogP) is 6.77. The van der Waals surface area contributed by atoms with E-state index in [1.807, 2.05) is 58.2 Å². The molecule has 4 N–H and O–H groups in total. The second kappa shape index (κ2) is 18.8. The van der Waals surface area contributed by atoms with Crippen molar-refractivity contribution in [3.05, 3.63) is 52.5 Å². The SMILES string of the molecule is C=C[C@@H]1CC1(NC(=O)[C@@H]1C[C@@H](OC2=CC(c3csc(NC(C)C)n3)Nc3c2ccc(OCCN2CCOCC2(C)C)c3Cl)CN1C(=O)[C@@H](NC(=O)O[C@@H]1C[C@@H]2C[C@@H]2C1)C(C)(C)C)C(=O)OC. The van der Waals surface area contributed by atoms with Gasteiger partial charge in [-0.3, -0.25) is 14.5 Å². The number of likely N-dealkylation sites (tertiary alicyclic amines) is 1. The number of ether oxygens (including phenoxy) is 5. The van der Waals surface area contributed by atoms with Crippen LogP contribution in [0.4, 0.5) is 15.6 Å². The first kappa shape index (κ1) is 47.9. The van der Waals surface area contributed by atoms with Crippen LogP contribution in [-0.2, 0) is 33.3 Å². The molecule has 0 bridgehead atoms. The Morgan fingerprint density at radius 1 is 1.12 bits per heavy atom. The molecular formula is C48H66ClN7O9S. The van der Waals surface area contributed by atoms with Gasteiger partial charge in [-0.2, -0.15) is 0 Å². The molecule has 0 radical (unpaired) electrons. The Morgan fingerprint density at radius 2 is 1.88 bits per heavy atom. The number of thiazole rings is 1. The van der Waals surface area contributed by atoms with Crippen molar-refractivity contribution in [3.63, 3.8) is 0 Å². The summed E-state index contributed by atoms with van der Waals surface area (Å²) >= 11 is 8.71. The van der Waals surface area contributed by atoms with Crippen molar-refractivity contribution in [1.82, 2.24) is 25.4 Å². The molecule has 360 valence electrons. The Bertz CT molecular complexity index is 2220. The number of amides is 3. The molecule has 1 aromatic carbocycles. The normalized spacial score (nSPS) is 29.0. The highest BCUT2D eigenvalue weighted by Gasteiger charge is 2.62. The Hall–Kier alpha value is -4.58. The number of morpholine rings is 1. The van der Waals surface area contributed by atoms with Gasteiger partial charge in [-0.05, 0) is 88.8 Å². The molecule has 4 heterocycles. The molecule has 66 heavy (non-hydrogen) atoms. The number of fused-ring (bicyclic) bond motifs is 2. The van der Waals surface area contributed by atoms with Gasteiger partial charge in [-0.1, -0.05) is 38.4 Å². The standard InChI is InChI=1S/C48H66ClN7O9S/c1-10-29-22-48(29,43(59)61-9)54-41(57)35-20-31(23-56(35)42(58)40(46(4,5)6)53-45(60)65-30-18-27-17-28(27)19-30)64-37-21-33(34-24-66-44(52-34)50-26(2)3)51-39-32(37)11-12-36(38(39)49)63-16-14-55-13-15-62-25-47(55,7)8/h10-12,21,24,26-31,33,35,40,51H,1,13-20,22-23,25H2,2-9H3,(H,50,52)(H,53,60)(H,54,57)/t27-,28+,29-,30+,31-,33?,35+,40-,48?/m1/s1. The smallest absolute Gasteiger partial charge is 0.408 e. The summed E-state index contributed by atoms with van der Waals surface area (Å²) in [5.74, 6) is 0.244. The molecule has 2 saturated heterocycles. The average Bonchev–Trinajstić information content (AvgIpc) is 3.92. The molecule has 3 saturated carbocycles. The van der Waals surface area contributed by atoms with E-state index in [0.29, 0.717) is 72.4 Å². The van der Waals surface area contributed by atoms with Gasteiger partial charge in [-0.15, -0.1) is 17.9 Å². The minimum Gasteiger partial charge on any atom is -0.491 e. The Kier molecular flexibility index (Phi) is 13.7. The van der Waals surface area contributed by atoms with Gasteiger partial charge in [0.15, 0.2) is 5.13 Å². The molecule has 2 aromatic rings. The molecule has 0 spiro atoms. The van der Waals surface area contributed by atoms with E-state index in [0.717, 1.165) is 30.2 Å². The third kappa shape index (κ3) is 10.1. The molecule has 5 fully saturated rings. The Labute approximate surface area is 396 Å². The van der Waals surface area contributed by atoms with Crippen LogP contribution in [0.2, 0.25) is 5.02 Å². The third-order valence-electron chi connectivity index (χ3n) is 13.9. The number of halogens is 1. The summed E-state index contributed by atoms with van der Waals surface area (Å²) in [6.45, 7) is 21.0. The van der Waals surface area contributed by atoms with Crippen LogP contribution in [-0.4, -0.2) is 127 Å². The number of aromatic nitrogens is 1. The Balaban J connectivity index is 1.07. The van der Waals surface area contributed by atoms with E-state index in [1.165, 1.54) is 29.8 Å². The van der Waals surface area contributed by atoms with Crippen LogP contribution >= 0.6 is 22.9 Å². The van der Waals surface area contributed by atoms with Crippen LogP contribution < -0.4 is 26.0 Å². The molecule has 9 atom stereocenters. The van der Waals surface area contributed by atoms with Crippen molar-refractivity contribution in [1.29, 1.82) is 0 Å². The summed E-state index contributed by atoms with van der Waals surface area (Å²) in [6, 6.07) is 1.29. The first-order valence-electron chi connectivity index (χ1n) is 23.3. The van der Waals surface area contributed by atoms with Crippen molar-refractivity contribution < 1.29 is 42.9 Å². The number of carbonyl (C=O) groups excluding carboxylic acids is 4. The fourth-order valence-corrected chi connectivity index (χ4v) is 11.1. The van der Waals surface area contributed by atoms with E-state index in [1.54, 1.807) is 6.08 Å². The number of alkyl carbamates (subject to hydrolysis) is 1. The lowest BCUT2D eigenvalue weighted by molar-refractivity contribution is -0.148. The molecular weight excluding hydrogens is 886 g/mol. The van der Waals surface area contributed by atoms with Gasteiger partial charge in [0, 0.05) is 48.0 Å². The van der Waals surface area contributed by atoms with E-state index >= 15 is 0 Å². The molecule has 18 heteroatoms. The van der Waals surface area contributed by atoms with Gasteiger partial charge in [0.2, 0.25) is 11.8 Å². The molecule has 1 aromatic heterocycles. The van der Waals surface area contributed by atoms with Crippen molar-refractivity contribution in [2.24, 2.45) is 23.2 Å². The second-order valence-corrected chi connectivity index (χ2v) is 21.9. The van der Waals surface area contributed by atoms with E-state index in [-0.39, 0.29) is 36.6 Å². The number of esters is 1. The highest BCUT2D eigenvalue weighted by atomic mass is 35.5. The van der Waals surface area contributed by atoms with E-state index < -0.39 is 59.1 Å². The quantitative estimate of drug-likeness (QED) is 0.102. The fourth-order valence-electron chi connectivity index (χ4n) is 9.94. The van der Waals surface area contributed by atoms with Gasteiger partial charge in [0.05, 0.1) is 44.3 Å².